The minimum absolute atomic E-state index is 0.137. The van der Waals surface area contributed by atoms with Crippen molar-refractivity contribution in [2.75, 3.05) is 6.54 Å². The molecule has 104 valence electrons. The molecule has 0 aromatic heterocycles. The molecular formula is C16H17NO3. The molecule has 2 aromatic carbocycles. The Balaban J connectivity index is 2.01. The van der Waals surface area contributed by atoms with E-state index in [9.17, 15) is 4.79 Å². The van der Waals surface area contributed by atoms with Crippen molar-refractivity contribution >= 4 is 5.97 Å². The van der Waals surface area contributed by atoms with Gasteiger partial charge in [0.25, 0.3) is 0 Å². The largest absolute Gasteiger partial charge is 0.481 e. The van der Waals surface area contributed by atoms with E-state index in [-0.39, 0.29) is 6.54 Å². The van der Waals surface area contributed by atoms with E-state index < -0.39 is 11.9 Å². The van der Waals surface area contributed by atoms with Gasteiger partial charge in [-0.15, -0.1) is 0 Å². The van der Waals surface area contributed by atoms with Gasteiger partial charge >= 0.3 is 5.97 Å². The number of para-hydroxylation sites is 1. The lowest BCUT2D eigenvalue weighted by molar-refractivity contribution is -0.141. The summed E-state index contributed by atoms with van der Waals surface area (Å²) in [5.74, 6) is 0.0817. The Labute approximate surface area is 117 Å². The molecule has 0 aliphatic carbocycles. The summed E-state index contributed by atoms with van der Waals surface area (Å²) in [5, 5.41) is 8.98. The molecule has 0 fully saturated rings. The summed E-state index contributed by atoms with van der Waals surface area (Å²) in [7, 11) is 0. The highest BCUT2D eigenvalue weighted by Gasteiger charge is 2.15. The monoisotopic (exact) mass is 271 g/mol. The Kier molecular flexibility index (Phi) is 4.74. The van der Waals surface area contributed by atoms with Gasteiger partial charge in [0.15, 0.2) is 0 Å². The first kappa shape index (κ1) is 14.1. The van der Waals surface area contributed by atoms with Crippen LogP contribution in [0.1, 0.15) is 5.56 Å². The second-order valence-electron chi connectivity index (χ2n) is 4.53. The average Bonchev–Trinajstić information content (AvgIpc) is 2.47. The van der Waals surface area contributed by atoms with Crippen molar-refractivity contribution in [1.29, 1.82) is 0 Å². The molecule has 0 saturated heterocycles. The van der Waals surface area contributed by atoms with Gasteiger partial charge < -0.3 is 15.6 Å². The molecule has 2 aromatic rings. The molecule has 0 amide bonds. The summed E-state index contributed by atoms with van der Waals surface area (Å²) in [6.45, 7) is 0.137. The van der Waals surface area contributed by atoms with E-state index in [0.717, 1.165) is 17.1 Å². The quantitative estimate of drug-likeness (QED) is 0.847. The van der Waals surface area contributed by atoms with Crippen LogP contribution in [-0.2, 0) is 11.2 Å². The molecule has 0 heterocycles. The molecule has 3 N–H and O–H groups in total. The van der Waals surface area contributed by atoms with Crippen LogP contribution >= 0.6 is 0 Å². The lowest BCUT2D eigenvalue weighted by Gasteiger charge is -2.10. The van der Waals surface area contributed by atoms with Crippen molar-refractivity contribution in [3.05, 3.63) is 60.2 Å². The topological polar surface area (TPSA) is 72.5 Å². The highest BCUT2D eigenvalue weighted by Crippen LogP contribution is 2.21. The Morgan fingerprint density at radius 2 is 1.65 bits per heavy atom. The van der Waals surface area contributed by atoms with E-state index in [2.05, 4.69) is 0 Å². The van der Waals surface area contributed by atoms with Gasteiger partial charge in [0.2, 0.25) is 0 Å². The maximum absolute atomic E-state index is 10.9. The molecule has 0 spiro atoms. The first-order chi connectivity index (χ1) is 9.69. The first-order valence-corrected chi connectivity index (χ1v) is 6.44. The number of carboxylic acid groups (broad SMARTS) is 1. The summed E-state index contributed by atoms with van der Waals surface area (Å²) >= 11 is 0. The molecule has 4 nitrogen and oxygen atoms in total. The fourth-order valence-corrected chi connectivity index (χ4v) is 1.87. The predicted molar refractivity (Wildman–Crippen MR) is 76.8 cm³/mol. The van der Waals surface area contributed by atoms with Crippen molar-refractivity contribution in [3.8, 4) is 11.5 Å². The van der Waals surface area contributed by atoms with Crippen LogP contribution in [0.3, 0.4) is 0 Å². The lowest BCUT2D eigenvalue weighted by atomic mass is 10.00. The number of carbonyl (C=O) groups is 1. The Bertz CT molecular complexity index is 552. The third-order valence-corrected chi connectivity index (χ3v) is 3.02. The summed E-state index contributed by atoms with van der Waals surface area (Å²) in [4.78, 5) is 10.9. The second-order valence-corrected chi connectivity index (χ2v) is 4.53. The fraction of sp³-hybridized carbons (Fsp3) is 0.188. The SMILES string of the molecule is NC[C@@H](Cc1ccc(Oc2ccccc2)cc1)C(=O)O. The Morgan fingerprint density at radius 3 is 2.20 bits per heavy atom. The zero-order valence-corrected chi connectivity index (χ0v) is 11.0. The maximum Gasteiger partial charge on any atom is 0.308 e. The number of hydrogen-bond donors (Lipinski definition) is 2. The van der Waals surface area contributed by atoms with Gasteiger partial charge in [0.1, 0.15) is 11.5 Å². The molecule has 20 heavy (non-hydrogen) atoms. The van der Waals surface area contributed by atoms with E-state index >= 15 is 0 Å². The van der Waals surface area contributed by atoms with Crippen molar-refractivity contribution in [1.82, 2.24) is 0 Å². The van der Waals surface area contributed by atoms with Crippen LogP contribution in [0.5, 0.6) is 11.5 Å². The number of benzene rings is 2. The third kappa shape index (κ3) is 3.83. The summed E-state index contributed by atoms with van der Waals surface area (Å²) in [5.41, 5.74) is 6.38. The van der Waals surface area contributed by atoms with Crippen LogP contribution in [0.25, 0.3) is 0 Å². The van der Waals surface area contributed by atoms with E-state index in [4.69, 9.17) is 15.6 Å². The van der Waals surface area contributed by atoms with Crippen molar-refractivity contribution < 1.29 is 14.6 Å². The minimum atomic E-state index is -0.864. The van der Waals surface area contributed by atoms with Gasteiger partial charge in [0, 0.05) is 6.54 Å². The number of rotatable bonds is 6. The normalized spacial score (nSPS) is 11.8. The van der Waals surface area contributed by atoms with Crippen molar-refractivity contribution in [2.24, 2.45) is 11.7 Å². The molecule has 0 saturated carbocycles. The summed E-state index contributed by atoms with van der Waals surface area (Å²) in [6.07, 6.45) is 0.428. The highest BCUT2D eigenvalue weighted by molar-refractivity contribution is 5.70. The van der Waals surface area contributed by atoms with Crippen LogP contribution < -0.4 is 10.5 Å². The van der Waals surface area contributed by atoms with Crippen LogP contribution in [0, 0.1) is 5.92 Å². The van der Waals surface area contributed by atoms with E-state index in [1.165, 1.54) is 0 Å². The zero-order valence-electron chi connectivity index (χ0n) is 11.0. The van der Waals surface area contributed by atoms with E-state index in [1.54, 1.807) is 0 Å². The van der Waals surface area contributed by atoms with Crippen LogP contribution in [0.4, 0.5) is 0 Å². The molecule has 0 aliphatic rings. The molecule has 0 bridgehead atoms. The smallest absolute Gasteiger partial charge is 0.308 e. The second kappa shape index (κ2) is 6.73. The number of nitrogens with two attached hydrogens (primary N) is 1. The Hall–Kier alpha value is -2.33. The van der Waals surface area contributed by atoms with E-state index in [1.807, 2.05) is 54.6 Å². The molecular weight excluding hydrogens is 254 g/mol. The van der Waals surface area contributed by atoms with Gasteiger partial charge in [0.05, 0.1) is 5.92 Å². The van der Waals surface area contributed by atoms with Crippen LogP contribution in [0.2, 0.25) is 0 Å². The number of carboxylic acids is 1. The summed E-state index contributed by atoms with van der Waals surface area (Å²) in [6, 6.07) is 16.9. The summed E-state index contributed by atoms with van der Waals surface area (Å²) < 4.78 is 5.67. The van der Waals surface area contributed by atoms with Gasteiger partial charge in [-0.1, -0.05) is 30.3 Å². The molecule has 4 heteroatoms. The molecule has 1 atom stereocenters. The van der Waals surface area contributed by atoms with Gasteiger partial charge in [-0.2, -0.15) is 0 Å². The minimum Gasteiger partial charge on any atom is -0.481 e. The van der Waals surface area contributed by atoms with Gasteiger partial charge in [-0.25, -0.2) is 0 Å². The van der Waals surface area contributed by atoms with Gasteiger partial charge in [-0.05, 0) is 36.2 Å². The van der Waals surface area contributed by atoms with Crippen LogP contribution in [0.15, 0.2) is 54.6 Å². The Morgan fingerprint density at radius 1 is 1.05 bits per heavy atom. The molecule has 0 aliphatic heterocycles. The van der Waals surface area contributed by atoms with Crippen LogP contribution in [-0.4, -0.2) is 17.6 Å². The molecule has 0 unspecified atom stereocenters. The molecule has 2 rings (SSSR count). The standard InChI is InChI=1S/C16H17NO3/c17-11-13(16(18)19)10-12-6-8-15(9-7-12)20-14-4-2-1-3-5-14/h1-9,13H,10-11,17H2,(H,18,19)/t13-/m1/s1. The predicted octanol–water partition coefficient (Wildman–Crippen LogP) is 2.68. The lowest BCUT2D eigenvalue weighted by Crippen LogP contribution is -2.25. The highest BCUT2D eigenvalue weighted by atomic mass is 16.5. The maximum atomic E-state index is 10.9. The zero-order chi connectivity index (χ0) is 14.4. The average molecular weight is 271 g/mol. The van der Waals surface area contributed by atoms with Gasteiger partial charge in [-0.3, -0.25) is 4.79 Å². The van der Waals surface area contributed by atoms with Crippen molar-refractivity contribution in [2.45, 2.75) is 6.42 Å². The fourth-order valence-electron chi connectivity index (χ4n) is 1.87. The number of ether oxygens (including phenoxy) is 1. The molecule has 0 radical (unpaired) electrons. The van der Waals surface area contributed by atoms with Crippen molar-refractivity contribution in [3.63, 3.8) is 0 Å². The number of aliphatic carboxylic acids is 1. The third-order valence-electron chi connectivity index (χ3n) is 3.02. The number of hydrogen-bond acceptors (Lipinski definition) is 3. The first-order valence-electron chi connectivity index (χ1n) is 6.44. The van der Waals surface area contributed by atoms with E-state index in [0.29, 0.717) is 6.42 Å².